The standard InChI is InChI=1S/C11H17NO4/c1-11(16)5-12(6-11)9(13)7-2-3-8(4-7)10(14)15/h7-8,16H,2-6H2,1H3,(H,14,15). The zero-order valence-electron chi connectivity index (χ0n) is 9.35. The number of β-amino-alcohol motifs (C(OH)–C–C–N with tert-alkyl or cyclic N) is 1. The van der Waals surface area contributed by atoms with E-state index in [0.717, 1.165) is 0 Å². The minimum atomic E-state index is -0.800. The molecule has 2 rings (SSSR count). The number of carboxylic acids is 1. The summed E-state index contributed by atoms with van der Waals surface area (Å²) in [6.45, 7) is 2.45. The third kappa shape index (κ3) is 2.04. The molecule has 1 aliphatic heterocycles. The third-order valence-corrected chi connectivity index (χ3v) is 3.51. The first kappa shape index (κ1) is 11.4. The molecule has 2 aliphatic rings. The molecule has 2 atom stereocenters. The number of aliphatic hydroxyl groups is 1. The van der Waals surface area contributed by atoms with E-state index in [0.29, 0.717) is 32.4 Å². The van der Waals surface area contributed by atoms with Crippen molar-refractivity contribution in [1.82, 2.24) is 4.90 Å². The van der Waals surface area contributed by atoms with Crippen molar-refractivity contribution in [2.75, 3.05) is 13.1 Å². The normalized spacial score (nSPS) is 32.2. The number of hydrogen-bond donors (Lipinski definition) is 2. The van der Waals surface area contributed by atoms with Crippen molar-refractivity contribution in [3.63, 3.8) is 0 Å². The van der Waals surface area contributed by atoms with Gasteiger partial charge < -0.3 is 15.1 Å². The maximum atomic E-state index is 11.9. The summed E-state index contributed by atoms with van der Waals surface area (Å²) in [5.41, 5.74) is -0.750. The van der Waals surface area contributed by atoms with Crippen LogP contribution in [0, 0.1) is 11.8 Å². The van der Waals surface area contributed by atoms with Crippen molar-refractivity contribution in [2.24, 2.45) is 11.8 Å². The molecular weight excluding hydrogens is 210 g/mol. The first-order valence-corrected chi connectivity index (χ1v) is 5.63. The van der Waals surface area contributed by atoms with Crippen LogP contribution in [0.4, 0.5) is 0 Å². The Balaban J connectivity index is 1.86. The Labute approximate surface area is 94.0 Å². The van der Waals surface area contributed by atoms with Crippen molar-refractivity contribution in [3.05, 3.63) is 0 Å². The maximum absolute atomic E-state index is 11.9. The van der Waals surface area contributed by atoms with Gasteiger partial charge in [0.15, 0.2) is 0 Å². The highest BCUT2D eigenvalue weighted by Gasteiger charge is 2.43. The first-order valence-electron chi connectivity index (χ1n) is 5.63. The van der Waals surface area contributed by atoms with E-state index in [-0.39, 0.29) is 17.7 Å². The summed E-state index contributed by atoms with van der Waals surface area (Å²) in [5.74, 6) is -1.31. The molecule has 1 heterocycles. The van der Waals surface area contributed by atoms with E-state index >= 15 is 0 Å². The second-order valence-electron chi connectivity index (χ2n) is 5.24. The quantitative estimate of drug-likeness (QED) is 0.700. The number of carbonyl (C=O) groups excluding carboxylic acids is 1. The highest BCUT2D eigenvalue weighted by molar-refractivity contribution is 5.81. The summed E-state index contributed by atoms with van der Waals surface area (Å²) in [4.78, 5) is 24.3. The van der Waals surface area contributed by atoms with Gasteiger partial charge in [0.05, 0.1) is 24.6 Å². The van der Waals surface area contributed by atoms with Crippen molar-refractivity contribution >= 4 is 11.9 Å². The smallest absolute Gasteiger partial charge is 0.306 e. The summed E-state index contributed by atoms with van der Waals surface area (Å²) in [7, 11) is 0. The van der Waals surface area contributed by atoms with Gasteiger partial charge in [-0.3, -0.25) is 9.59 Å². The number of nitrogens with zero attached hydrogens (tertiary/aromatic N) is 1. The van der Waals surface area contributed by atoms with E-state index < -0.39 is 11.6 Å². The van der Waals surface area contributed by atoms with Crippen molar-refractivity contribution in [2.45, 2.75) is 31.8 Å². The average molecular weight is 227 g/mol. The molecule has 0 spiro atoms. The molecule has 1 aliphatic carbocycles. The summed E-state index contributed by atoms with van der Waals surface area (Å²) >= 11 is 0. The van der Waals surface area contributed by atoms with Crippen molar-refractivity contribution in [1.29, 1.82) is 0 Å². The molecule has 0 aromatic rings. The molecule has 0 aromatic carbocycles. The van der Waals surface area contributed by atoms with Gasteiger partial charge in [-0.2, -0.15) is 0 Å². The summed E-state index contributed by atoms with van der Waals surface area (Å²) < 4.78 is 0. The lowest BCUT2D eigenvalue weighted by molar-refractivity contribution is -0.156. The predicted molar refractivity (Wildman–Crippen MR) is 55.7 cm³/mol. The van der Waals surface area contributed by atoms with Crippen LogP contribution in [-0.2, 0) is 9.59 Å². The molecule has 0 bridgehead atoms. The van der Waals surface area contributed by atoms with Crippen LogP contribution in [0.5, 0.6) is 0 Å². The fourth-order valence-electron chi connectivity index (χ4n) is 2.62. The lowest BCUT2D eigenvalue weighted by Gasteiger charge is -2.45. The van der Waals surface area contributed by atoms with Gasteiger partial charge in [0.2, 0.25) is 5.91 Å². The Hall–Kier alpha value is -1.10. The number of amides is 1. The van der Waals surface area contributed by atoms with E-state index in [2.05, 4.69) is 0 Å². The van der Waals surface area contributed by atoms with Gasteiger partial charge in [-0.05, 0) is 26.2 Å². The summed E-state index contributed by atoms with van der Waals surface area (Å²) in [5, 5.41) is 18.4. The van der Waals surface area contributed by atoms with Gasteiger partial charge in [-0.1, -0.05) is 0 Å². The van der Waals surface area contributed by atoms with E-state index in [1.807, 2.05) is 0 Å². The fraction of sp³-hybridized carbons (Fsp3) is 0.818. The fourth-order valence-corrected chi connectivity index (χ4v) is 2.62. The monoisotopic (exact) mass is 227 g/mol. The Kier molecular flexibility index (Phi) is 2.66. The number of rotatable bonds is 2. The zero-order chi connectivity index (χ0) is 11.9. The van der Waals surface area contributed by atoms with E-state index in [1.54, 1.807) is 11.8 Å². The highest BCUT2D eigenvalue weighted by Crippen LogP contribution is 2.34. The van der Waals surface area contributed by atoms with Crippen LogP contribution < -0.4 is 0 Å². The van der Waals surface area contributed by atoms with Crippen LogP contribution in [0.25, 0.3) is 0 Å². The van der Waals surface area contributed by atoms with E-state index in [1.165, 1.54) is 0 Å². The Morgan fingerprint density at radius 2 is 1.81 bits per heavy atom. The molecule has 1 saturated carbocycles. The number of carbonyl (C=O) groups is 2. The molecular formula is C11H17NO4. The molecule has 1 amide bonds. The number of aliphatic carboxylic acids is 1. The van der Waals surface area contributed by atoms with Crippen LogP contribution in [0.2, 0.25) is 0 Å². The van der Waals surface area contributed by atoms with Crippen LogP contribution in [0.15, 0.2) is 0 Å². The third-order valence-electron chi connectivity index (χ3n) is 3.51. The molecule has 2 N–H and O–H groups in total. The number of carboxylic acid groups (broad SMARTS) is 1. The highest BCUT2D eigenvalue weighted by atomic mass is 16.4. The Bertz CT molecular complexity index is 318. The molecule has 5 nitrogen and oxygen atoms in total. The van der Waals surface area contributed by atoms with Gasteiger partial charge >= 0.3 is 5.97 Å². The molecule has 16 heavy (non-hydrogen) atoms. The maximum Gasteiger partial charge on any atom is 0.306 e. The van der Waals surface area contributed by atoms with Gasteiger partial charge in [0, 0.05) is 5.92 Å². The Morgan fingerprint density at radius 3 is 2.25 bits per heavy atom. The van der Waals surface area contributed by atoms with Crippen molar-refractivity contribution in [3.8, 4) is 0 Å². The zero-order valence-corrected chi connectivity index (χ0v) is 9.35. The van der Waals surface area contributed by atoms with Gasteiger partial charge in [-0.25, -0.2) is 0 Å². The second-order valence-corrected chi connectivity index (χ2v) is 5.24. The Morgan fingerprint density at radius 1 is 1.25 bits per heavy atom. The molecule has 90 valence electrons. The van der Waals surface area contributed by atoms with Crippen LogP contribution in [-0.4, -0.2) is 45.7 Å². The van der Waals surface area contributed by atoms with Gasteiger partial charge in [-0.15, -0.1) is 0 Å². The predicted octanol–water partition coefficient (Wildman–Crippen LogP) is 0.0805. The van der Waals surface area contributed by atoms with Crippen LogP contribution >= 0.6 is 0 Å². The van der Waals surface area contributed by atoms with Crippen LogP contribution in [0.3, 0.4) is 0 Å². The molecule has 2 fully saturated rings. The molecule has 2 unspecified atom stereocenters. The summed E-state index contributed by atoms with van der Waals surface area (Å²) in [6, 6.07) is 0. The van der Waals surface area contributed by atoms with E-state index in [9.17, 15) is 14.7 Å². The molecule has 1 saturated heterocycles. The average Bonchev–Trinajstić information content (AvgIpc) is 2.61. The first-order chi connectivity index (χ1) is 7.39. The minimum Gasteiger partial charge on any atom is -0.481 e. The summed E-state index contributed by atoms with van der Waals surface area (Å²) in [6.07, 6.45) is 1.71. The topological polar surface area (TPSA) is 77.8 Å². The lowest BCUT2D eigenvalue weighted by Crippen LogP contribution is -2.62. The SMILES string of the molecule is CC1(O)CN(C(=O)C2CCC(C(=O)O)C2)C1. The second kappa shape index (κ2) is 3.73. The van der Waals surface area contributed by atoms with Crippen LogP contribution in [0.1, 0.15) is 26.2 Å². The number of hydrogen-bond acceptors (Lipinski definition) is 3. The van der Waals surface area contributed by atoms with Gasteiger partial charge in [0.1, 0.15) is 0 Å². The molecule has 0 radical (unpaired) electrons. The number of likely N-dealkylation sites (tertiary alicyclic amines) is 1. The minimum absolute atomic E-state index is 0.00951. The largest absolute Gasteiger partial charge is 0.481 e. The van der Waals surface area contributed by atoms with Crippen molar-refractivity contribution < 1.29 is 19.8 Å². The molecule has 5 heteroatoms. The lowest BCUT2D eigenvalue weighted by atomic mass is 9.93. The van der Waals surface area contributed by atoms with Gasteiger partial charge in [0.25, 0.3) is 0 Å². The molecule has 0 aromatic heterocycles. The van der Waals surface area contributed by atoms with E-state index in [4.69, 9.17) is 5.11 Å².